The van der Waals surface area contributed by atoms with E-state index in [1.165, 1.54) is 4.90 Å². The van der Waals surface area contributed by atoms with Gasteiger partial charge in [-0.2, -0.15) is 5.26 Å². The highest BCUT2D eigenvalue weighted by atomic mass is 15.1. The van der Waals surface area contributed by atoms with Gasteiger partial charge in [0, 0.05) is 5.69 Å². The normalized spacial score (nSPS) is 10.7. The number of nitrogens with one attached hydrogen (secondary N) is 1. The van der Waals surface area contributed by atoms with Crippen molar-refractivity contribution in [2.45, 2.75) is 20.4 Å². The van der Waals surface area contributed by atoms with E-state index < -0.39 is 0 Å². The maximum Gasteiger partial charge on any atom is 0.122 e. The zero-order chi connectivity index (χ0) is 11.6. The lowest BCUT2D eigenvalue weighted by molar-refractivity contribution is -0.858. The SMILES string of the molecule is Cc1c(C#N)c(N)n(CC[NH+](C)C)c1C. The van der Waals surface area contributed by atoms with Gasteiger partial charge in [-0.3, -0.25) is 0 Å². The van der Waals surface area contributed by atoms with Gasteiger partial charge in [0.15, 0.2) is 0 Å². The molecule has 0 atom stereocenters. The molecule has 82 valence electrons. The number of anilines is 1. The van der Waals surface area contributed by atoms with Crippen LogP contribution in [0.4, 0.5) is 5.82 Å². The maximum absolute atomic E-state index is 8.97. The summed E-state index contributed by atoms with van der Waals surface area (Å²) in [7, 11) is 4.21. The number of nitriles is 1. The summed E-state index contributed by atoms with van der Waals surface area (Å²) in [6.07, 6.45) is 0. The Labute approximate surface area is 90.9 Å². The molecule has 0 spiro atoms. The van der Waals surface area contributed by atoms with Crippen molar-refractivity contribution >= 4 is 5.82 Å². The summed E-state index contributed by atoms with van der Waals surface area (Å²) in [5, 5.41) is 8.97. The zero-order valence-corrected chi connectivity index (χ0v) is 9.89. The van der Waals surface area contributed by atoms with E-state index in [0.717, 1.165) is 24.3 Å². The van der Waals surface area contributed by atoms with Crippen LogP contribution in [0.15, 0.2) is 0 Å². The van der Waals surface area contributed by atoms with Crippen LogP contribution in [0, 0.1) is 25.2 Å². The fourth-order valence-corrected chi connectivity index (χ4v) is 1.66. The molecule has 0 unspecified atom stereocenters. The Kier molecular flexibility index (Phi) is 3.38. The van der Waals surface area contributed by atoms with Crippen molar-refractivity contribution in [1.29, 1.82) is 5.26 Å². The lowest BCUT2D eigenvalue weighted by atomic mass is 10.2. The quantitative estimate of drug-likeness (QED) is 0.715. The number of nitrogens with zero attached hydrogens (tertiary/aromatic N) is 2. The topological polar surface area (TPSA) is 59.2 Å². The van der Waals surface area contributed by atoms with Gasteiger partial charge in [-0.15, -0.1) is 0 Å². The summed E-state index contributed by atoms with van der Waals surface area (Å²) in [6.45, 7) is 5.83. The minimum Gasteiger partial charge on any atom is -0.384 e. The Hall–Kier alpha value is -1.47. The molecule has 0 aliphatic carbocycles. The Bertz CT molecular complexity index is 396. The molecule has 0 fully saturated rings. The number of likely N-dealkylation sites (N-methyl/N-ethyl adjacent to an activating group) is 1. The van der Waals surface area contributed by atoms with Crippen LogP contribution in [0.2, 0.25) is 0 Å². The van der Waals surface area contributed by atoms with Gasteiger partial charge in [0.25, 0.3) is 0 Å². The van der Waals surface area contributed by atoms with Crippen LogP contribution in [-0.4, -0.2) is 25.2 Å². The van der Waals surface area contributed by atoms with Crippen molar-refractivity contribution in [3.05, 3.63) is 16.8 Å². The second-order valence-electron chi connectivity index (χ2n) is 4.19. The number of nitrogen functional groups attached to an aromatic ring is 1. The van der Waals surface area contributed by atoms with Crippen molar-refractivity contribution < 1.29 is 4.90 Å². The van der Waals surface area contributed by atoms with Crippen LogP contribution in [0.1, 0.15) is 16.8 Å². The van der Waals surface area contributed by atoms with Crippen LogP contribution in [0.5, 0.6) is 0 Å². The first-order chi connectivity index (χ1) is 6.99. The van der Waals surface area contributed by atoms with Crippen LogP contribution in [-0.2, 0) is 6.54 Å². The van der Waals surface area contributed by atoms with E-state index in [-0.39, 0.29) is 0 Å². The predicted molar refractivity (Wildman–Crippen MR) is 60.7 cm³/mol. The Morgan fingerprint density at radius 1 is 1.40 bits per heavy atom. The molecule has 4 nitrogen and oxygen atoms in total. The molecule has 1 rings (SSSR count). The largest absolute Gasteiger partial charge is 0.384 e. The molecule has 3 N–H and O–H groups in total. The van der Waals surface area contributed by atoms with Crippen LogP contribution >= 0.6 is 0 Å². The van der Waals surface area contributed by atoms with Gasteiger partial charge in [0.05, 0.1) is 32.7 Å². The number of hydrogen-bond acceptors (Lipinski definition) is 2. The van der Waals surface area contributed by atoms with Gasteiger partial charge in [0.1, 0.15) is 11.9 Å². The third-order valence-corrected chi connectivity index (χ3v) is 2.82. The summed E-state index contributed by atoms with van der Waals surface area (Å²) in [5.74, 6) is 0.605. The number of nitrogens with two attached hydrogens (primary N) is 1. The number of quaternary nitrogens is 1. The second kappa shape index (κ2) is 4.37. The Morgan fingerprint density at radius 3 is 2.40 bits per heavy atom. The summed E-state index contributed by atoms with van der Waals surface area (Å²) < 4.78 is 2.03. The molecular formula is C11H19N4+. The Balaban J connectivity index is 3.04. The molecule has 0 radical (unpaired) electrons. The first-order valence-corrected chi connectivity index (χ1v) is 5.13. The minimum atomic E-state index is 0.605. The highest BCUT2D eigenvalue weighted by Gasteiger charge is 2.14. The molecular weight excluding hydrogens is 188 g/mol. The van der Waals surface area contributed by atoms with Crippen molar-refractivity contribution in [2.75, 3.05) is 26.4 Å². The molecule has 1 aromatic rings. The molecule has 0 aliphatic heterocycles. The maximum atomic E-state index is 8.97. The van der Waals surface area contributed by atoms with E-state index in [4.69, 9.17) is 11.0 Å². The lowest BCUT2D eigenvalue weighted by Gasteiger charge is -2.11. The van der Waals surface area contributed by atoms with Crippen molar-refractivity contribution in [3.8, 4) is 6.07 Å². The van der Waals surface area contributed by atoms with Crippen molar-refractivity contribution in [2.24, 2.45) is 0 Å². The third-order valence-electron chi connectivity index (χ3n) is 2.82. The number of rotatable bonds is 3. The smallest absolute Gasteiger partial charge is 0.122 e. The lowest BCUT2D eigenvalue weighted by Crippen LogP contribution is -3.06. The molecule has 15 heavy (non-hydrogen) atoms. The third kappa shape index (κ3) is 2.13. The van der Waals surface area contributed by atoms with E-state index in [1.807, 2.05) is 18.4 Å². The van der Waals surface area contributed by atoms with Crippen LogP contribution in [0.3, 0.4) is 0 Å². The van der Waals surface area contributed by atoms with E-state index in [2.05, 4.69) is 20.2 Å². The van der Waals surface area contributed by atoms with Gasteiger partial charge in [0.2, 0.25) is 0 Å². The number of aromatic nitrogens is 1. The fraction of sp³-hybridized carbons (Fsp3) is 0.545. The standard InChI is InChI=1S/C11H18N4/c1-8-9(2)15(6-5-14(3)4)11(13)10(8)7-12/h5-6,13H2,1-4H3/p+1. The first kappa shape index (κ1) is 11.6. The van der Waals surface area contributed by atoms with Gasteiger partial charge < -0.3 is 15.2 Å². The van der Waals surface area contributed by atoms with E-state index in [1.54, 1.807) is 0 Å². The van der Waals surface area contributed by atoms with E-state index in [9.17, 15) is 0 Å². The van der Waals surface area contributed by atoms with Gasteiger partial charge in [-0.25, -0.2) is 0 Å². The summed E-state index contributed by atoms with van der Waals surface area (Å²) in [5.41, 5.74) is 8.66. The average Bonchev–Trinajstić information content (AvgIpc) is 2.36. The van der Waals surface area contributed by atoms with E-state index >= 15 is 0 Å². The minimum absolute atomic E-state index is 0.605. The summed E-state index contributed by atoms with van der Waals surface area (Å²) >= 11 is 0. The van der Waals surface area contributed by atoms with Crippen LogP contribution < -0.4 is 10.6 Å². The second-order valence-corrected chi connectivity index (χ2v) is 4.19. The fourth-order valence-electron chi connectivity index (χ4n) is 1.66. The molecule has 0 bridgehead atoms. The van der Waals surface area contributed by atoms with Crippen molar-refractivity contribution in [1.82, 2.24) is 4.57 Å². The zero-order valence-electron chi connectivity index (χ0n) is 9.89. The summed E-state index contributed by atoms with van der Waals surface area (Å²) in [4.78, 5) is 1.37. The molecule has 0 saturated carbocycles. The van der Waals surface area contributed by atoms with Gasteiger partial charge in [-0.05, 0) is 19.4 Å². The average molecular weight is 207 g/mol. The highest BCUT2D eigenvalue weighted by Crippen LogP contribution is 2.22. The molecule has 0 saturated heterocycles. The monoisotopic (exact) mass is 207 g/mol. The van der Waals surface area contributed by atoms with Gasteiger partial charge in [-0.1, -0.05) is 0 Å². The summed E-state index contributed by atoms with van der Waals surface area (Å²) in [6, 6.07) is 2.16. The highest BCUT2D eigenvalue weighted by molar-refractivity contribution is 5.57. The molecule has 0 aliphatic rings. The molecule has 1 heterocycles. The molecule has 1 aromatic heterocycles. The van der Waals surface area contributed by atoms with Crippen molar-refractivity contribution in [3.63, 3.8) is 0 Å². The molecule has 4 heteroatoms. The van der Waals surface area contributed by atoms with E-state index in [0.29, 0.717) is 11.4 Å². The first-order valence-electron chi connectivity index (χ1n) is 5.13. The number of hydrogen-bond donors (Lipinski definition) is 2. The van der Waals surface area contributed by atoms with Crippen LogP contribution in [0.25, 0.3) is 0 Å². The van der Waals surface area contributed by atoms with Gasteiger partial charge >= 0.3 is 0 Å². The molecule has 0 aromatic carbocycles. The predicted octanol–water partition coefficient (Wildman–Crippen LogP) is -0.297. The Morgan fingerprint density at radius 2 is 2.00 bits per heavy atom. The molecule has 0 amide bonds.